The molecule has 5 heteroatoms. The standard InChI is InChI=1S/C18H21ClN2O2/c1-18(2,15-8-10-16(19)11-9-15)13-20-17(22)21-23-12-14-6-4-3-5-7-14/h3-11H,12-13H2,1-2H3,(H2,20,21,22). The number of rotatable bonds is 6. The van der Waals surface area contributed by atoms with Crippen molar-refractivity contribution in [3.63, 3.8) is 0 Å². The summed E-state index contributed by atoms with van der Waals surface area (Å²) in [6.07, 6.45) is 0. The number of carbonyl (C=O) groups excluding carboxylic acids is 1. The zero-order valence-electron chi connectivity index (χ0n) is 13.3. The first-order chi connectivity index (χ1) is 11.0. The van der Waals surface area contributed by atoms with Gasteiger partial charge in [-0.1, -0.05) is 67.9 Å². The molecule has 0 aliphatic heterocycles. The van der Waals surface area contributed by atoms with E-state index in [-0.39, 0.29) is 11.4 Å². The zero-order valence-corrected chi connectivity index (χ0v) is 14.1. The van der Waals surface area contributed by atoms with Crippen molar-refractivity contribution >= 4 is 17.6 Å². The van der Waals surface area contributed by atoms with Crippen LogP contribution in [-0.2, 0) is 16.9 Å². The third-order valence-electron chi connectivity index (χ3n) is 3.56. The maximum Gasteiger partial charge on any atom is 0.338 e. The summed E-state index contributed by atoms with van der Waals surface area (Å²) in [6.45, 7) is 4.92. The van der Waals surface area contributed by atoms with E-state index in [1.165, 1.54) is 0 Å². The van der Waals surface area contributed by atoms with Crippen molar-refractivity contribution in [1.82, 2.24) is 10.8 Å². The van der Waals surface area contributed by atoms with E-state index < -0.39 is 0 Å². The largest absolute Gasteiger partial charge is 0.338 e. The molecule has 0 radical (unpaired) electrons. The van der Waals surface area contributed by atoms with Gasteiger partial charge in [0.15, 0.2) is 0 Å². The second-order valence-electron chi connectivity index (χ2n) is 5.95. The molecule has 0 atom stereocenters. The van der Waals surface area contributed by atoms with E-state index in [0.717, 1.165) is 11.1 Å². The van der Waals surface area contributed by atoms with Crippen LogP contribution in [0.3, 0.4) is 0 Å². The van der Waals surface area contributed by atoms with Gasteiger partial charge in [-0.25, -0.2) is 10.3 Å². The van der Waals surface area contributed by atoms with Gasteiger partial charge in [0.2, 0.25) is 0 Å². The molecule has 0 saturated carbocycles. The quantitative estimate of drug-likeness (QED) is 0.784. The highest BCUT2D eigenvalue weighted by atomic mass is 35.5. The molecule has 2 amide bonds. The Morgan fingerprint density at radius 3 is 2.39 bits per heavy atom. The third-order valence-corrected chi connectivity index (χ3v) is 3.82. The normalized spacial score (nSPS) is 11.1. The average Bonchev–Trinajstić information content (AvgIpc) is 2.54. The van der Waals surface area contributed by atoms with Crippen LogP contribution in [0.25, 0.3) is 0 Å². The molecule has 23 heavy (non-hydrogen) atoms. The highest BCUT2D eigenvalue weighted by Gasteiger charge is 2.21. The Morgan fingerprint density at radius 1 is 1.09 bits per heavy atom. The lowest BCUT2D eigenvalue weighted by Gasteiger charge is -2.25. The van der Waals surface area contributed by atoms with Gasteiger partial charge in [0, 0.05) is 17.0 Å². The van der Waals surface area contributed by atoms with Crippen molar-refractivity contribution in [1.29, 1.82) is 0 Å². The zero-order chi connectivity index (χ0) is 16.7. The SMILES string of the molecule is CC(C)(CNC(=O)NOCc1ccccc1)c1ccc(Cl)cc1. The van der Waals surface area contributed by atoms with Crippen molar-refractivity contribution < 1.29 is 9.63 Å². The number of carbonyl (C=O) groups is 1. The molecule has 4 nitrogen and oxygen atoms in total. The smallest absolute Gasteiger partial charge is 0.336 e. The van der Waals surface area contributed by atoms with Crippen LogP contribution in [0, 0.1) is 0 Å². The fourth-order valence-corrected chi connectivity index (χ4v) is 2.23. The van der Waals surface area contributed by atoms with Gasteiger partial charge in [-0.15, -0.1) is 0 Å². The maximum atomic E-state index is 11.8. The molecule has 0 aromatic heterocycles. The monoisotopic (exact) mass is 332 g/mol. The lowest BCUT2D eigenvalue weighted by atomic mass is 9.85. The lowest BCUT2D eigenvalue weighted by Crippen LogP contribution is -2.42. The Morgan fingerprint density at radius 2 is 1.74 bits per heavy atom. The molecule has 0 heterocycles. The summed E-state index contributed by atoms with van der Waals surface area (Å²) >= 11 is 5.90. The average molecular weight is 333 g/mol. The topological polar surface area (TPSA) is 50.4 Å². The number of amides is 2. The van der Waals surface area contributed by atoms with E-state index in [1.54, 1.807) is 0 Å². The molecule has 122 valence electrons. The molecule has 0 bridgehead atoms. The Kier molecular flexibility index (Phi) is 6.02. The number of urea groups is 1. The van der Waals surface area contributed by atoms with Crippen molar-refractivity contribution in [2.24, 2.45) is 0 Å². The van der Waals surface area contributed by atoms with Crippen LogP contribution in [-0.4, -0.2) is 12.6 Å². The molecule has 2 rings (SSSR count). The molecule has 0 aliphatic rings. The van der Waals surface area contributed by atoms with Crippen LogP contribution in [0.15, 0.2) is 54.6 Å². The van der Waals surface area contributed by atoms with Crippen molar-refractivity contribution in [3.05, 3.63) is 70.7 Å². The highest BCUT2D eigenvalue weighted by Crippen LogP contribution is 2.23. The van der Waals surface area contributed by atoms with E-state index in [9.17, 15) is 4.79 Å². The molecular weight excluding hydrogens is 312 g/mol. The van der Waals surface area contributed by atoms with E-state index in [2.05, 4.69) is 24.6 Å². The van der Waals surface area contributed by atoms with Crippen LogP contribution in [0.2, 0.25) is 5.02 Å². The van der Waals surface area contributed by atoms with Crippen molar-refractivity contribution in [2.45, 2.75) is 25.9 Å². The van der Waals surface area contributed by atoms with Crippen molar-refractivity contribution in [2.75, 3.05) is 6.54 Å². The minimum atomic E-state index is -0.358. The number of hydrogen-bond donors (Lipinski definition) is 2. The molecule has 0 unspecified atom stereocenters. The van der Waals surface area contributed by atoms with Gasteiger partial charge in [-0.2, -0.15) is 0 Å². The summed E-state index contributed by atoms with van der Waals surface area (Å²) in [5.41, 5.74) is 4.28. The molecular formula is C18H21ClN2O2. The number of nitrogens with one attached hydrogen (secondary N) is 2. The predicted molar refractivity (Wildman–Crippen MR) is 92.2 cm³/mol. The Bertz CT molecular complexity index is 627. The Balaban J connectivity index is 1.76. The first-order valence-electron chi connectivity index (χ1n) is 7.43. The summed E-state index contributed by atoms with van der Waals surface area (Å²) < 4.78 is 0. The second-order valence-corrected chi connectivity index (χ2v) is 6.39. The number of hydroxylamine groups is 1. The van der Waals surface area contributed by atoms with Crippen LogP contribution in [0.4, 0.5) is 4.79 Å². The fraction of sp³-hybridized carbons (Fsp3) is 0.278. The maximum absolute atomic E-state index is 11.8. The molecule has 0 saturated heterocycles. The third kappa shape index (κ3) is 5.58. The van der Waals surface area contributed by atoms with E-state index in [0.29, 0.717) is 18.2 Å². The van der Waals surface area contributed by atoms with Crippen LogP contribution >= 0.6 is 11.6 Å². The van der Waals surface area contributed by atoms with Gasteiger partial charge in [0.25, 0.3) is 0 Å². The summed E-state index contributed by atoms with van der Waals surface area (Å²) in [5.74, 6) is 0. The van der Waals surface area contributed by atoms with E-state index in [4.69, 9.17) is 16.4 Å². The van der Waals surface area contributed by atoms with Crippen LogP contribution < -0.4 is 10.8 Å². The molecule has 0 aliphatic carbocycles. The van der Waals surface area contributed by atoms with Crippen LogP contribution in [0.5, 0.6) is 0 Å². The molecule has 2 aromatic rings. The van der Waals surface area contributed by atoms with E-state index >= 15 is 0 Å². The van der Waals surface area contributed by atoms with Crippen LogP contribution in [0.1, 0.15) is 25.0 Å². The van der Waals surface area contributed by atoms with Gasteiger partial charge in [0.05, 0.1) is 6.61 Å². The lowest BCUT2D eigenvalue weighted by molar-refractivity contribution is 0.0487. The molecule has 0 fully saturated rings. The predicted octanol–water partition coefficient (Wildman–Crippen LogP) is 4.05. The molecule has 2 N–H and O–H groups in total. The summed E-state index contributed by atoms with van der Waals surface area (Å²) in [7, 11) is 0. The number of halogens is 1. The first kappa shape index (κ1) is 17.3. The minimum absolute atomic E-state index is 0.207. The van der Waals surface area contributed by atoms with Gasteiger partial charge < -0.3 is 5.32 Å². The molecule has 2 aromatic carbocycles. The van der Waals surface area contributed by atoms with Crippen molar-refractivity contribution in [3.8, 4) is 0 Å². The molecule has 0 spiro atoms. The summed E-state index contributed by atoms with van der Waals surface area (Å²) in [5, 5.41) is 3.51. The van der Waals surface area contributed by atoms with Gasteiger partial charge in [-0.3, -0.25) is 4.84 Å². The minimum Gasteiger partial charge on any atom is -0.336 e. The second kappa shape index (κ2) is 7.99. The number of benzene rings is 2. The summed E-state index contributed by atoms with van der Waals surface area (Å²) in [6, 6.07) is 16.9. The first-order valence-corrected chi connectivity index (χ1v) is 7.81. The number of hydrogen-bond acceptors (Lipinski definition) is 2. The fourth-order valence-electron chi connectivity index (χ4n) is 2.10. The van der Waals surface area contributed by atoms with Gasteiger partial charge in [-0.05, 0) is 23.3 Å². The van der Waals surface area contributed by atoms with Gasteiger partial charge >= 0.3 is 6.03 Å². The van der Waals surface area contributed by atoms with Gasteiger partial charge in [0.1, 0.15) is 0 Å². The summed E-state index contributed by atoms with van der Waals surface area (Å²) in [4.78, 5) is 17.0. The van der Waals surface area contributed by atoms with E-state index in [1.807, 2.05) is 54.6 Å². The Labute approximate surface area is 141 Å². The highest BCUT2D eigenvalue weighted by molar-refractivity contribution is 6.30. The Hall–Kier alpha value is -2.04.